The Kier molecular flexibility index (Phi) is 4.15. The molecule has 16 heavy (non-hydrogen) atoms. The molecule has 2 N–H and O–H groups in total. The summed E-state index contributed by atoms with van der Waals surface area (Å²) in [6, 6.07) is -0.116. The summed E-state index contributed by atoms with van der Waals surface area (Å²) < 4.78 is 5.32. The number of carbonyl (C=O) groups excluding carboxylic acids is 1. The number of nitrogens with zero attached hydrogens (tertiary/aromatic N) is 1. The zero-order chi connectivity index (χ0) is 12.3. The number of nitrogens with one attached hydrogen (secondary N) is 1. The first-order valence-corrected chi connectivity index (χ1v) is 5.69. The predicted octanol–water partition coefficient (Wildman–Crippen LogP) is 0.576. The summed E-state index contributed by atoms with van der Waals surface area (Å²) in [4.78, 5) is 13.5. The Morgan fingerprint density at radius 1 is 1.56 bits per heavy atom. The maximum absolute atomic E-state index is 11.9. The molecule has 1 heterocycles. The molecule has 1 rings (SSSR count). The van der Waals surface area contributed by atoms with Crippen molar-refractivity contribution >= 4 is 6.09 Å². The molecule has 1 fully saturated rings. The van der Waals surface area contributed by atoms with Gasteiger partial charge in [0.2, 0.25) is 0 Å². The summed E-state index contributed by atoms with van der Waals surface area (Å²) in [7, 11) is 0. The minimum absolute atomic E-state index is 0.0282. The maximum Gasteiger partial charge on any atom is 0.410 e. The van der Waals surface area contributed by atoms with Gasteiger partial charge in [0.25, 0.3) is 0 Å². The number of hydrogen-bond acceptors (Lipinski definition) is 4. The molecular formula is C11H22N2O3. The van der Waals surface area contributed by atoms with E-state index in [1.807, 2.05) is 27.7 Å². The SMILES string of the molecule is CC1C(CO)NCCN1C(=O)OC(C)(C)C. The van der Waals surface area contributed by atoms with E-state index in [1.54, 1.807) is 4.90 Å². The summed E-state index contributed by atoms with van der Waals surface area (Å²) in [6.07, 6.45) is -0.306. The minimum Gasteiger partial charge on any atom is -0.444 e. The van der Waals surface area contributed by atoms with E-state index in [0.717, 1.165) is 0 Å². The Labute approximate surface area is 96.8 Å². The van der Waals surface area contributed by atoms with E-state index in [0.29, 0.717) is 13.1 Å². The molecular weight excluding hydrogens is 208 g/mol. The first-order valence-electron chi connectivity index (χ1n) is 5.69. The number of rotatable bonds is 1. The number of hydrogen-bond donors (Lipinski definition) is 2. The third-order valence-electron chi connectivity index (χ3n) is 2.66. The monoisotopic (exact) mass is 230 g/mol. The van der Waals surface area contributed by atoms with Gasteiger partial charge in [-0.1, -0.05) is 0 Å². The average Bonchev–Trinajstić information content (AvgIpc) is 2.15. The lowest BCUT2D eigenvalue weighted by atomic mass is 10.1. The third-order valence-corrected chi connectivity index (χ3v) is 2.66. The Hall–Kier alpha value is -0.810. The van der Waals surface area contributed by atoms with Crippen molar-refractivity contribution in [3.05, 3.63) is 0 Å². The molecule has 1 aliphatic rings. The highest BCUT2D eigenvalue weighted by molar-refractivity contribution is 5.68. The van der Waals surface area contributed by atoms with Crippen molar-refractivity contribution in [1.82, 2.24) is 10.2 Å². The lowest BCUT2D eigenvalue weighted by Crippen LogP contribution is -2.60. The Morgan fingerprint density at radius 2 is 2.19 bits per heavy atom. The van der Waals surface area contributed by atoms with Gasteiger partial charge in [0.1, 0.15) is 5.60 Å². The van der Waals surface area contributed by atoms with Crippen molar-refractivity contribution in [1.29, 1.82) is 0 Å². The zero-order valence-corrected chi connectivity index (χ0v) is 10.5. The second kappa shape index (κ2) is 5.01. The molecule has 5 heteroatoms. The molecule has 94 valence electrons. The standard InChI is InChI=1S/C11H22N2O3/c1-8-9(7-14)12-5-6-13(8)10(15)16-11(2,3)4/h8-9,12,14H,5-7H2,1-4H3. The molecule has 2 unspecified atom stereocenters. The van der Waals surface area contributed by atoms with Crippen LogP contribution in [0, 0.1) is 0 Å². The first kappa shape index (κ1) is 13.3. The molecule has 0 radical (unpaired) electrons. The Bertz CT molecular complexity index is 250. The van der Waals surface area contributed by atoms with Gasteiger partial charge in [0.15, 0.2) is 0 Å². The number of carbonyl (C=O) groups is 1. The quantitative estimate of drug-likeness (QED) is 0.691. The van der Waals surface area contributed by atoms with Gasteiger partial charge < -0.3 is 20.1 Å². The van der Waals surface area contributed by atoms with E-state index in [2.05, 4.69) is 5.32 Å². The maximum atomic E-state index is 11.9. The number of aliphatic hydroxyl groups excluding tert-OH is 1. The molecule has 1 saturated heterocycles. The number of ether oxygens (including phenoxy) is 1. The summed E-state index contributed by atoms with van der Waals surface area (Å²) >= 11 is 0. The van der Waals surface area contributed by atoms with Crippen LogP contribution >= 0.6 is 0 Å². The fraction of sp³-hybridized carbons (Fsp3) is 0.909. The van der Waals surface area contributed by atoms with Crippen molar-refractivity contribution in [2.75, 3.05) is 19.7 Å². The summed E-state index contributed by atoms with van der Waals surface area (Å²) in [5, 5.41) is 12.3. The largest absolute Gasteiger partial charge is 0.444 e. The molecule has 2 atom stereocenters. The normalized spacial score (nSPS) is 26.7. The van der Waals surface area contributed by atoms with Gasteiger partial charge in [-0.05, 0) is 27.7 Å². The molecule has 0 aromatic heterocycles. The van der Waals surface area contributed by atoms with Gasteiger partial charge in [-0.3, -0.25) is 0 Å². The smallest absolute Gasteiger partial charge is 0.410 e. The number of piperazine rings is 1. The molecule has 0 saturated carbocycles. The van der Waals surface area contributed by atoms with Crippen molar-refractivity contribution in [2.45, 2.75) is 45.4 Å². The highest BCUT2D eigenvalue weighted by atomic mass is 16.6. The lowest BCUT2D eigenvalue weighted by Gasteiger charge is -2.39. The molecule has 1 aliphatic heterocycles. The van der Waals surface area contributed by atoms with Gasteiger partial charge in [-0.2, -0.15) is 0 Å². The van der Waals surface area contributed by atoms with Crippen molar-refractivity contribution < 1.29 is 14.6 Å². The number of amides is 1. The van der Waals surface area contributed by atoms with Crippen LogP contribution in [0.1, 0.15) is 27.7 Å². The average molecular weight is 230 g/mol. The van der Waals surface area contributed by atoms with E-state index < -0.39 is 5.60 Å². The van der Waals surface area contributed by atoms with Crippen LogP contribution in [-0.4, -0.2) is 53.5 Å². The zero-order valence-electron chi connectivity index (χ0n) is 10.5. The van der Waals surface area contributed by atoms with Crippen molar-refractivity contribution in [3.8, 4) is 0 Å². The predicted molar refractivity (Wildman–Crippen MR) is 61.3 cm³/mol. The van der Waals surface area contributed by atoms with Crippen LogP contribution in [0.15, 0.2) is 0 Å². The van der Waals surface area contributed by atoms with Crippen LogP contribution in [-0.2, 0) is 4.74 Å². The molecule has 0 spiro atoms. The Morgan fingerprint density at radius 3 is 2.69 bits per heavy atom. The van der Waals surface area contributed by atoms with E-state index in [9.17, 15) is 4.79 Å². The topological polar surface area (TPSA) is 61.8 Å². The summed E-state index contributed by atoms with van der Waals surface area (Å²) in [5.41, 5.74) is -0.476. The molecule has 0 aromatic rings. The highest BCUT2D eigenvalue weighted by Gasteiger charge is 2.32. The highest BCUT2D eigenvalue weighted by Crippen LogP contribution is 2.15. The second-order valence-corrected chi connectivity index (χ2v) is 5.16. The second-order valence-electron chi connectivity index (χ2n) is 5.16. The van der Waals surface area contributed by atoms with Gasteiger partial charge in [-0.25, -0.2) is 4.79 Å². The van der Waals surface area contributed by atoms with Crippen LogP contribution in [0.4, 0.5) is 4.79 Å². The fourth-order valence-electron chi connectivity index (χ4n) is 1.76. The van der Waals surface area contributed by atoms with E-state index >= 15 is 0 Å². The summed E-state index contributed by atoms with van der Waals surface area (Å²) in [5.74, 6) is 0. The van der Waals surface area contributed by atoms with Crippen LogP contribution in [0.2, 0.25) is 0 Å². The number of aliphatic hydroxyl groups is 1. The Balaban J connectivity index is 2.61. The van der Waals surface area contributed by atoms with Crippen molar-refractivity contribution in [3.63, 3.8) is 0 Å². The molecule has 0 bridgehead atoms. The fourth-order valence-corrected chi connectivity index (χ4v) is 1.76. The first-order chi connectivity index (χ1) is 7.35. The van der Waals surface area contributed by atoms with Crippen LogP contribution < -0.4 is 5.32 Å². The van der Waals surface area contributed by atoms with E-state index in [4.69, 9.17) is 9.84 Å². The van der Waals surface area contributed by atoms with Gasteiger partial charge >= 0.3 is 6.09 Å². The van der Waals surface area contributed by atoms with Crippen LogP contribution in [0.3, 0.4) is 0 Å². The molecule has 1 amide bonds. The van der Waals surface area contributed by atoms with Crippen LogP contribution in [0.25, 0.3) is 0 Å². The van der Waals surface area contributed by atoms with Crippen LogP contribution in [0.5, 0.6) is 0 Å². The third kappa shape index (κ3) is 3.35. The lowest BCUT2D eigenvalue weighted by molar-refractivity contribution is 0.00443. The van der Waals surface area contributed by atoms with Gasteiger partial charge in [0.05, 0.1) is 12.6 Å². The van der Waals surface area contributed by atoms with E-state index in [1.165, 1.54) is 0 Å². The van der Waals surface area contributed by atoms with E-state index in [-0.39, 0.29) is 24.8 Å². The summed E-state index contributed by atoms with van der Waals surface area (Å²) in [6.45, 7) is 8.79. The van der Waals surface area contributed by atoms with Gasteiger partial charge in [0, 0.05) is 19.1 Å². The molecule has 0 aliphatic carbocycles. The molecule has 5 nitrogen and oxygen atoms in total. The molecule has 0 aromatic carbocycles. The van der Waals surface area contributed by atoms with Crippen molar-refractivity contribution in [2.24, 2.45) is 0 Å². The minimum atomic E-state index is -0.476. The van der Waals surface area contributed by atoms with Gasteiger partial charge in [-0.15, -0.1) is 0 Å².